The first-order chi connectivity index (χ1) is 22.4. The SMILES string of the molecule is CCCCC(=O)O[C@H]1C[C@H]2[C@]3(C)CO[C@@](C)(c4ccccc4)O[C@H]3CC[C@]2(C)[C@H]2[C@@H](O)c3c(cc(-c4cccnc4)oc3=O)O[C@]12C. The lowest BCUT2D eigenvalue weighted by atomic mass is 9.42. The highest BCUT2D eigenvalue weighted by atomic mass is 16.7. The van der Waals surface area contributed by atoms with Crippen LogP contribution < -0.4 is 10.4 Å². The summed E-state index contributed by atoms with van der Waals surface area (Å²) in [6, 6.07) is 15.2. The van der Waals surface area contributed by atoms with Crippen LogP contribution in [-0.2, 0) is 24.8 Å². The quantitative estimate of drug-likeness (QED) is 0.292. The van der Waals surface area contributed by atoms with Crippen LogP contribution >= 0.6 is 0 Å². The highest BCUT2D eigenvalue weighted by Crippen LogP contribution is 2.68. The van der Waals surface area contributed by atoms with Crippen molar-refractivity contribution in [3.8, 4) is 17.1 Å². The third kappa shape index (κ3) is 5.04. The van der Waals surface area contributed by atoms with E-state index in [1.165, 1.54) is 0 Å². The van der Waals surface area contributed by atoms with Crippen LogP contribution in [0.15, 0.2) is 70.1 Å². The number of esters is 1. The molecule has 9 heteroatoms. The number of nitrogens with zero attached hydrogens (tertiary/aromatic N) is 1. The van der Waals surface area contributed by atoms with Crippen molar-refractivity contribution < 1.29 is 33.3 Å². The summed E-state index contributed by atoms with van der Waals surface area (Å²) >= 11 is 0. The third-order valence-electron chi connectivity index (χ3n) is 11.9. The van der Waals surface area contributed by atoms with Gasteiger partial charge >= 0.3 is 11.6 Å². The first kappa shape index (κ1) is 32.0. The summed E-state index contributed by atoms with van der Waals surface area (Å²) in [5, 5.41) is 12.3. The maximum Gasteiger partial charge on any atom is 0.345 e. The first-order valence-electron chi connectivity index (χ1n) is 17.0. The normalized spacial score (nSPS) is 37.4. The van der Waals surface area contributed by atoms with Gasteiger partial charge in [-0.2, -0.15) is 0 Å². The van der Waals surface area contributed by atoms with Crippen LogP contribution in [0.5, 0.6) is 5.75 Å². The molecule has 2 aliphatic carbocycles. The van der Waals surface area contributed by atoms with Crippen molar-refractivity contribution in [3.63, 3.8) is 0 Å². The Kier molecular flexibility index (Phi) is 7.88. The summed E-state index contributed by atoms with van der Waals surface area (Å²) in [6.45, 7) is 10.7. The predicted molar refractivity (Wildman–Crippen MR) is 173 cm³/mol. The minimum atomic E-state index is -1.22. The number of hydrogen-bond acceptors (Lipinski definition) is 9. The summed E-state index contributed by atoms with van der Waals surface area (Å²) in [5.41, 5.74) is -1.10. The number of benzene rings is 1. The molecule has 3 aromatic rings. The Labute approximate surface area is 275 Å². The molecule has 9 atom stereocenters. The fraction of sp³-hybridized carbons (Fsp3) is 0.553. The van der Waals surface area contributed by atoms with Crippen LogP contribution in [0.25, 0.3) is 11.3 Å². The zero-order chi connectivity index (χ0) is 33.2. The van der Waals surface area contributed by atoms with E-state index in [0.717, 1.165) is 18.4 Å². The molecule has 1 aromatic carbocycles. The van der Waals surface area contributed by atoms with Crippen LogP contribution in [-0.4, -0.2) is 40.5 Å². The van der Waals surface area contributed by atoms with E-state index in [4.69, 9.17) is 23.4 Å². The lowest BCUT2D eigenvalue weighted by Crippen LogP contribution is -2.72. The number of unbranched alkanes of at least 4 members (excludes halogenated alkanes) is 1. The summed E-state index contributed by atoms with van der Waals surface area (Å²) in [7, 11) is 0. The highest BCUT2D eigenvalue weighted by molar-refractivity contribution is 5.69. The summed E-state index contributed by atoms with van der Waals surface area (Å²) < 4.78 is 32.4. The van der Waals surface area contributed by atoms with Crippen LogP contribution in [0, 0.1) is 22.7 Å². The number of fused-ring (bicyclic) bond motifs is 6. The van der Waals surface area contributed by atoms with Gasteiger partial charge in [0.2, 0.25) is 0 Å². The van der Waals surface area contributed by atoms with Crippen LogP contribution in [0.4, 0.5) is 0 Å². The lowest BCUT2D eigenvalue weighted by molar-refractivity contribution is -0.370. The molecule has 4 heterocycles. The molecule has 0 amide bonds. The van der Waals surface area contributed by atoms with Gasteiger partial charge in [-0.15, -0.1) is 0 Å². The monoisotopic (exact) mass is 643 g/mol. The number of aliphatic hydroxyl groups excluding tert-OH is 1. The van der Waals surface area contributed by atoms with Crippen molar-refractivity contribution in [2.24, 2.45) is 22.7 Å². The van der Waals surface area contributed by atoms with Gasteiger partial charge in [-0.3, -0.25) is 9.78 Å². The van der Waals surface area contributed by atoms with Gasteiger partial charge < -0.3 is 28.5 Å². The molecule has 1 N–H and O–H groups in total. The molecular weight excluding hydrogens is 598 g/mol. The maximum absolute atomic E-state index is 13.6. The minimum Gasteiger partial charge on any atom is -0.482 e. The standard InChI is InChI=1S/C38H45NO8/c1-6-7-15-30(40)45-29-20-27-35(2,17-16-28-36(27,3)22-43-38(5,47-28)24-13-9-8-10-14-24)33-32(41)31-26(46-37(29,33)4)19-25(44-34(31)42)23-12-11-18-39-21-23/h8-14,18-19,21,27-29,32-33,41H,6-7,15-17,20,22H2,1-5H3/t27-,28+,29+,32+,33-,35+,36+,37-,38-/m1/s1. The molecule has 47 heavy (non-hydrogen) atoms. The topological polar surface area (TPSA) is 117 Å². The van der Waals surface area contributed by atoms with Crippen molar-refractivity contribution in [1.82, 2.24) is 4.98 Å². The van der Waals surface area contributed by atoms with Crippen molar-refractivity contribution >= 4 is 5.97 Å². The molecule has 3 fully saturated rings. The van der Waals surface area contributed by atoms with E-state index >= 15 is 0 Å². The van der Waals surface area contributed by atoms with Crippen molar-refractivity contribution in [2.75, 3.05) is 6.61 Å². The molecule has 2 aliphatic heterocycles. The van der Waals surface area contributed by atoms with Crippen LogP contribution in [0.3, 0.4) is 0 Å². The van der Waals surface area contributed by atoms with Gasteiger partial charge in [0.15, 0.2) is 5.79 Å². The Morgan fingerprint density at radius 1 is 1.09 bits per heavy atom. The first-order valence-corrected chi connectivity index (χ1v) is 17.0. The van der Waals surface area contributed by atoms with Crippen LogP contribution in [0.1, 0.15) is 90.4 Å². The summed E-state index contributed by atoms with van der Waals surface area (Å²) in [6.07, 6.45) is 5.04. The predicted octanol–water partition coefficient (Wildman–Crippen LogP) is 6.72. The zero-order valence-electron chi connectivity index (χ0n) is 27.9. The van der Waals surface area contributed by atoms with Crippen molar-refractivity contribution in [2.45, 2.75) is 103 Å². The molecular formula is C38H45NO8. The molecule has 0 bridgehead atoms. The van der Waals surface area contributed by atoms with Gasteiger partial charge in [-0.1, -0.05) is 57.5 Å². The van der Waals surface area contributed by atoms with Gasteiger partial charge in [0.25, 0.3) is 0 Å². The van der Waals surface area contributed by atoms with E-state index < -0.39 is 46.0 Å². The number of ether oxygens (including phenoxy) is 4. The second-order valence-electron chi connectivity index (χ2n) is 14.8. The number of aliphatic hydroxyl groups is 1. The molecule has 1 saturated heterocycles. The number of pyridine rings is 1. The Bertz CT molecular complexity index is 1690. The van der Waals surface area contributed by atoms with E-state index in [1.54, 1.807) is 30.6 Å². The zero-order valence-corrected chi connectivity index (χ0v) is 27.9. The second kappa shape index (κ2) is 11.6. The molecule has 9 nitrogen and oxygen atoms in total. The molecule has 250 valence electrons. The Hall–Kier alpha value is -3.53. The van der Waals surface area contributed by atoms with E-state index in [-0.39, 0.29) is 29.3 Å². The molecule has 7 rings (SSSR count). The van der Waals surface area contributed by atoms with Crippen molar-refractivity contribution in [3.05, 3.63) is 82.5 Å². The van der Waals surface area contributed by atoms with Gasteiger partial charge in [0.1, 0.15) is 28.8 Å². The Morgan fingerprint density at radius 3 is 2.60 bits per heavy atom. The van der Waals surface area contributed by atoms with Crippen molar-refractivity contribution in [1.29, 1.82) is 0 Å². The largest absolute Gasteiger partial charge is 0.482 e. The number of aromatic nitrogens is 1. The van der Waals surface area contributed by atoms with Crippen LogP contribution in [0.2, 0.25) is 0 Å². The fourth-order valence-corrected chi connectivity index (χ4v) is 9.41. The summed E-state index contributed by atoms with van der Waals surface area (Å²) in [4.78, 5) is 31.1. The smallest absolute Gasteiger partial charge is 0.345 e. The molecule has 0 radical (unpaired) electrons. The van der Waals surface area contributed by atoms with Gasteiger partial charge in [-0.05, 0) is 63.0 Å². The van der Waals surface area contributed by atoms with E-state index in [0.29, 0.717) is 43.6 Å². The average Bonchev–Trinajstić information content (AvgIpc) is 3.05. The van der Waals surface area contributed by atoms with E-state index in [2.05, 4.69) is 18.8 Å². The third-order valence-corrected chi connectivity index (χ3v) is 11.9. The van der Waals surface area contributed by atoms with Gasteiger partial charge in [0.05, 0.1) is 18.8 Å². The Morgan fingerprint density at radius 2 is 1.87 bits per heavy atom. The number of rotatable bonds is 6. The number of carbonyl (C=O) groups excluding carboxylic acids is 1. The molecule has 2 saturated carbocycles. The molecule has 2 aromatic heterocycles. The molecule has 4 aliphatic rings. The lowest BCUT2D eigenvalue weighted by Gasteiger charge is -2.68. The minimum absolute atomic E-state index is 0.0855. The second-order valence-corrected chi connectivity index (χ2v) is 14.8. The molecule has 0 spiro atoms. The van der Waals surface area contributed by atoms with E-state index in [9.17, 15) is 14.7 Å². The van der Waals surface area contributed by atoms with Gasteiger partial charge in [0, 0.05) is 47.3 Å². The fourth-order valence-electron chi connectivity index (χ4n) is 9.41. The van der Waals surface area contributed by atoms with Gasteiger partial charge in [-0.25, -0.2) is 4.79 Å². The Balaban J connectivity index is 1.30. The average molecular weight is 644 g/mol. The molecule has 0 unspecified atom stereocenters. The number of carbonyl (C=O) groups is 1. The maximum atomic E-state index is 13.6. The summed E-state index contributed by atoms with van der Waals surface area (Å²) in [5.74, 6) is -1.33. The number of hydrogen-bond donors (Lipinski definition) is 1. The highest BCUT2D eigenvalue weighted by Gasteiger charge is 2.71. The van der Waals surface area contributed by atoms with E-state index in [1.807, 2.05) is 51.1 Å².